The minimum atomic E-state index is -0.328. The summed E-state index contributed by atoms with van der Waals surface area (Å²) >= 11 is 0. The lowest BCUT2D eigenvalue weighted by Crippen LogP contribution is -2.37. The molecule has 0 fully saturated rings. The van der Waals surface area contributed by atoms with Gasteiger partial charge < -0.3 is 24.8 Å². The van der Waals surface area contributed by atoms with E-state index in [9.17, 15) is 9.18 Å². The van der Waals surface area contributed by atoms with E-state index in [-0.39, 0.29) is 18.5 Å². The van der Waals surface area contributed by atoms with Crippen LogP contribution in [0.15, 0.2) is 42.5 Å². The Labute approximate surface area is 145 Å². The van der Waals surface area contributed by atoms with Crippen LogP contribution in [0.5, 0.6) is 17.2 Å². The summed E-state index contributed by atoms with van der Waals surface area (Å²) in [6.07, 6.45) is 0. The molecule has 0 aliphatic rings. The van der Waals surface area contributed by atoms with Gasteiger partial charge in [-0.3, -0.25) is 0 Å². The fraction of sp³-hybridized carbons (Fsp3) is 0.278. The summed E-state index contributed by atoms with van der Waals surface area (Å²) in [5.74, 6) is 1.31. The van der Waals surface area contributed by atoms with Crippen molar-refractivity contribution in [3.63, 3.8) is 0 Å². The van der Waals surface area contributed by atoms with Gasteiger partial charge in [0.25, 0.3) is 0 Å². The average Bonchev–Trinajstić information content (AvgIpc) is 2.64. The number of ether oxygens (including phenoxy) is 3. The monoisotopic (exact) mass is 348 g/mol. The molecular formula is C18H21FN2O4. The van der Waals surface area contributed by atoms with Crippen molar-refractivity contribution in [3.8, 4) is 17.2 Å². The molecule has 0 spiro atoms. The molecule has 25 heavy (non-hydrogen) atoms. The molecule has 2 rings (SSSR count). The number of carbonyl (C=O) groups is 1. The maximum Gasteiger partial charge on any atom is 0.315 e. The van der Waals surface area contributed by atoms with Gasteiger partial charge in [0.05, 0.1) is 20.8 Å². The quantitative estimate of drug-likeness (QED) is 0.720. The van der Waals surface area contributed by atoms with Crippen LogP contribution in [-0.4, -0.2) is 33.4 Å². The van der Waals surface area contributed by atoms with Gasteiger partial charge in [0.1, 0.15) is 12.4 Å². The van der Waals surface area contributed by atoms with Crippen LogP contribution >= 0.6 is 0 Å². The van der Waals surface area contributed by atoms with Crippen LogP contribution in [0, 0.1) is 5.82 Å². The van der Waals surface area contributed by atoms with Crippen LogP contribution in [0.3, 0.4) is 0 Å². The summed E-state index contributed by atoms with van der Waals surface area (Å²) in [6.45, 7) is 0.903. The fourth-order valence-electron chi connectivity index (χ4n) is 2.14. The predicted molar refractivity (Wildman–Crippen MR) is 91.7 cm³/mol. The van der Waals surface area contributed by atoms with E-state index in [0.29, 0.717) is 30.3 Å². The molecule has 2 amide bonds. The van der Waals surface area contributed by atoms with Crippen LogP contribution < -0.4 is 24.8 Å². The van der Waals surface area contributed by atoms with Crippen molar-refractivity contribution in [1.29, 1.82) is 0 Å². The minimum Gasteiger partial charge on any atom is -0.493 e. The van der Waals surface area contributed by atoms with E-state index in [0.717, 1.165) is 5.56 Å². The van der Waals surface area contributed by atoms with Crippen molar-refractivity contribution in [1.82, 2.24) is 10.6 Å². The molecule has 0 radical (unpaired) electrons. The largest absolute Gasteiger partial charge is 0.493 e. The van der Waals surface area contributed by atoms with Crippen LogP contribution in [0.25, 0.3) is 0 Å². The Morgan fingerprint density at radius 2 is 1.72 bits per heavy atom. The Hall–Kier alpha value is -2.96. The van der Waals surface area contributed by atoms with Crippen molar-refractivity contribution in [2.75, 3.05) is 27.4 Å². The van der Waals surface area contributed by atoms with Crippen molar-refractivity contribution in [3.05, 3.63) is 53.8 Å². The van der Waals surface area contributed by atoms with Gasteiger partial charge in [0.15, 0.2) is 11.5 Å². The molecule has 6 nitrogen and oxygen atoms in total. The van der Waals surface area contributed by atoms with Crippen molar-refractivity contribution in [2.45, 2.75) is 6.54 Å². The van der Waals surface area contributed by atoms with E-state index in [1.807, 2.05) is 0 Å². The molecule has 0 heterocycles. The molecule has 2 aromatic rings. The van der Waals surface area contributed by atoms with Gasteiger partial charge in [-0.2, -0.15) is 0 Å². The molecule has 0 saturated heterocycles. The number of hydrogen-bond acceptors (Lipinski definition) is 4. The summed E-state index contributed by atoms with van der Waals surface area (Å²) in [5.41, 5.74) is 0.814. The molecule has 2 aromatic carbocycles. The lowest BCUT2D eigenvalue weighted by Gasteiger charge is -2.14. The van der Waals surface area contributed by atoms with Gasteiger partial charge in [-0.25, -0.2) is 9.18 Å². The molecule has 0 bridgehead atoms. The molecule has 0 saturated carbocycles. The third-order valence-electron chi connectivity index (χ3n) is 3.38. The molecule has 0 aliphatic carbocycles. The zero-order valence-corrected chi connectivity index (χ0v) is 14.2. The van der Waals surface area contributed by atoms with Gasteiger partial charge in [-0.1, -0.05) is 18.2 Å². The molecular weight excluding hydrogens is 327 g/mol. The lowest BCUT2D eigenvalue weighted by atomic mass is 10.2. The number of hydrogen-bond donors (Lipinski definition) is 2. The highest BCUT2D eigenvalue weighted by Crippen LogP contribution is 2.36. The van der Waals surface area contributed by atoms with Crippen molar-refractivity contribution >= 4 is 6.03 Å². The van der Waals surface area contributed by atoms with Crippen LogP contribution in [-0.2, 0) is 6.54 Å². The Morgan fingerprint density at radius 1 is 1.00 bits per heavy atom. The maximum absolute atomic E-state index is 12.8. The van der Waals surface area contributed by atoms with E-state index < -0.39 is 0 Å². The zero-order chi connectivity index (χ0) is 18.1. The number of para-hydroxylation sites is 1. The molecule has 2 N–H and O–H groups in total. The smallest absolute Gasteiger partial charge is 0.315 e. The standard InChI is InChI=1S/C18H21FN2O4/c1-23-15-4-3-5-16(17(15)24-2)25-11-10-20-18(22)21-12-13-6-8-14(19)9-7-13/h3-9H,10-12H2,1-2H3,(H2,20,21,22). The maximum atomic E-state index is 12.8. The first-order valence-corrected chi connectivity index (χ1v) is 7.74. The van der Waals surface area contributed by atoms with Crippen LogP contribution in [0.4, 0.5) is 9.18 Å². The van der Waals surface area contributed by atoms with Crippen molar-refractivity contribution in [2.24, 2.45) is 0 Å². The van der Waals surface area contributed by atoms with Gasteiger partial charge in [0, 0.05) is 6.54 Å². The van der Waals surface area contributed by atoms with Gasteiger partial charge in [0.2, 0.25) is 5.75 Å². The second kappa shape index (κ2) is 9.36. The van der Waals surface area contributed by atoms with Gasteiger partial charge >= 0.3 is 6.03 Å². The zero-order valence-electron chi connectivity index (χ0n) is 14.2. The molecule has 0 unspecified atom stereocenters. The highest BCUT2D eigenvalue weighted by atomic mass is 19.1. The number of benzene rings is 2. The fourth-order valence-corrected chi connectivity index (χ4v) is 2.14. The summed E-state index contributed by atoms with van der Waals surface area (Å²) in [7, 11) is 3.08. The Kier molecular flexibility index (Phi) is 6.88. The highest BCUT2D eigenvalue weighted by molar-refractivity contribution is 5.73. The van der Waals surface area contributed by atoms with Gasteiger partial charge in [-0.15, -0.1) is 0 Å². The summed E-state index contributed by atoms with van der Waals surface area (Å²) < 4.78 is 28.9. The molecule has 7 heteroatoms. The lowest BCUT2D eigenvalue weighted by molar-refractivity contribution is 0.235. The Balaban J connectivity index is 1.72. The second-order valence-electron chi connectivity index (χ2n) is 5.08. The Bertz CT molecular complexity index is 692. The highest BCUT2D eigenvalue weighted by Gasteiger charge is 2.10. The number of carbonyl (C=O) groups excluding carboxylic acids is 1. The van der Waals surface area contributed by atoms with Crippen LogP contribution in [0.2, 0.25) is 0 Å². The number of amides is 2. The Morgan fingerprint density at radius 3 is 2.40 bits per heavy atom. The predicted octanol–water partition coefficient (Wildman–Crippen LogP) is 2.72. The van der Waals surface area contributed by atoms with E-state index in [4.69, 9.17) is 14.2 Å². The van der Waals surface area contributed by atoms with Crippen molar-refractivity contribution < 1.29 is 23.4 Å². The van der Waals surface area contributed by atoms with E-state index in [1.54, 1.807) is 37.4 Å². The first kappa shape index (κ1) is 18.4. The first-order valence-electron chi connectivity index (χ1n) is 7.74. The topological polar surface area (TPSA) is 68.8 Å². The summed E-state index contributed by atoms with van der Waals surface area (Å²) in [5, 5.41) is 5.36. The molecule has 0 atom stereocenters. The molecule has 0 aliphatic heterocycles. The number of halogens is 1. The van der Waals surface area contributed by atoms with E-state index in [2.05, 4.69) is 10.6 Å². The minimum absolute atomic E-state index is 0.271. The van der Waals surface area contributed by atoms with E-state index in [1.165, 1.54) is 19.2 Å². The molecule has 0 aromatic heterocycles. The number of rotatable bonds is 8. The SMILES string of the molecule is COc1cccc(OCCNC(=O)NCc2ccc(F)cc2)c1OC. The summed E-state index contributed by atoms with van der Waals surface area (Å²) in [4.78, 5) is 11.7. The third kappa shape index (κ3) is 5.56. The number of urea groups is 1. The molecule has 134 valence electrons. The number of methoxy groups -OCH3 is 2. The first-order chi connectivity index (χ1) is 12.1. The normalized spacial score (nSPS) is 10.0. The average molecular weight is 348 g/mol. The van der Waals surface area contributed by atoms with E-state index >= 15 is 0 Å². The van der Waals surface area contributed by atoms with Crippen LogP contribution in [0.1, 0.15) is 5.56 Å². The number of nitrogens with one attached hydrogen (secondary N) is 2. The van der Waals surface area contributed by atoms with Gasteiger partial charge in [-0.05, 0) is 29.8 Å². The second-order valence-corrected chi connectivity index (χ2v) is 5.08. The third-order valence-corrected chi connectivity index (χ3v) is 3.38. The summed E-state index contributed by atoms with van der Waals surface area (Å²) in [6, 6.07) is 10.9.